The largest absolute Gasteiger partial charge is 0.493 e. The van der Waals surface area contributed by atoms with E-state index < -0.39 is 23.6 Å². The van der Waals surface area contributed by atoms with E-state index in [1.807, 2.05) is 0 Å². The normalized spacial score (nSPS) is 19.7. The van der Waals surface area contributed by atoms with Crippen LogP contribution in [0.25, 0.3) is 0 Å². The van der Waals surface area contributed by atoms with Gasteiger partial charge in [-0.05, 0) is 24.6 Å². The number of hydrogen-bond donors (Lipinski definition) is 0. The van der Waals surface area contributed by atoms with Gasteiger partial charge in [-0.25, -0.2) is 9.59 Å². The van der Waals surface area contributed by atoms with E-state index in [9.17, 15) is 9.59 Å². The van der Waals surface area contributed by atoms with Crippen molar-refractivity contribution < 1.29 is 32.9 Å². The summed E-state index contributed by atoms with van der Waals surface area (Å²) in [5.41, 5.74) is 0.288. The average molecular weight is 360 g/mol. The zero-order valence-corrected chi connectivity index (χ0v) is 14.4. The Balaban J connectivity index is 1.91. The summed E-state index contributed by atoms with van der Waals surface area (Å²) in [5.74, 6) is 0.743. The SMILES string of the molecule is COC(=O)[C@H]1Oc2cc(C)oc(=O)c2[C@H]1c1cc(OC)c2c(c1)OCO2. The first-order valence-electron chi connectivity index (χ1n) is 7.90. The maximum atomic E-state index is 12.5. The van der Waals surface area contributed by atoms with Crippen LogP contribution in [0.15, 0.2) is 27.4 Å². The van der Waals surface area contributed by atoms with Gasteiger partial charge in [-0.15, -0.1) is 0 Å². The van der Waals surface area contributed by atoms with E-state index in [1.165, 1.54) is 14.2 Å². The Hall–Kier alpha value is -3.16. The molecule has 8 nitrogen and oxygen atoms in total. The number of ether oxygens (including phenoxy) is 5. The molecule has 0 amide bonds. The van der Waals surface area contributed by atoms with Crippen molar-refractivity contribution in [3.05, 3.63) is 45.5 Å². The molecule has 8 heteroatoms. The molecule has 2 atom stereocenters. The minimum absolute atomic E-state index is 0.0642. The van der Waals surface area contributed by atoms with Gasteiger partial charge < -0.3 is 28.1 Å². The van der Waals surface area contributed by atoms with Gasteiger partial charge in [0.05, 0.1) is 25.7 Å². The zero-order chi connectivity index (χ0) is 18.4. The number of carbonyl (C=O) groups excluding carboxylic acids is 1. The summed E-state index contributed by atoms with van der Waals surface area (Å²) in [6, 6.07) is 4.96. The van der Waals surface area contributed by atoms with Crippen molar-refractivity contribution in [1.82, 2.24) is 0 Å². The fraction of sp³-hybridized carbons (Fsp3) is 0.333. The van der Waals surface area contributed by atoms with Gasteiger partial charge in [-0.3, -0.25) is 0 Å². The lowest BCUT2D eigenvalue weighted by Crippen LogP contribution is -2.31. The monoisotopic (exact) mass is 360 g/mol. The van der Waals surface area contributed by atoms with Crippen molar-refractivity contribution in [3.63, 3.8) is 0 Å². The Morgan fingerprint density at radius 2 is 1.96 bits per heavy atom. The molecule has 26 heavy (non-hydrogen) atoms. The molecule has 0 radical (unpaired) electrons. The highest BCUT2D eigenvalue weighted by molar-refractivity contribution is 5.79. The molecule has 0 saturated carbocycles. The highest BCUT2D eigenvalue weighted by Gasteiger charge is 2.45. The van der Waals surface area contributed by atoms with Crippen LogP contribution in [0, 0.1) is 6.92 Å². The van der Waals surface area contributed by atoms with Crippen LogP contribution in [0.5, 0.6) is 23.0 Å². The smallest absolute Gasteiger partial charge is 0.348 e. The number of benzene rings is 1. The van der Waals surface area contributed by atoms with Crippen LogP contribution in [-0.4, -0.2) is 33.1 Å². The van der Waals surface area contributed by atoms with E-state index in [0.29, 0.717) is 34.3 Å². The second kappa shape index (κ2) is 5.98. The van der Waals surface area contributed by atoms with Crippen molar-refractivity contribution in [1.29, 1.82) is 0 Å². The average Bonchev–Trinajstić information content (AvgIpc) is 3.24. The van der Waals surface area contributed by atoms with E-state index in [2.05, 4.69) is 0 Å². The van der Waals surface area contributed by atoms with Gasteiger partial charge in [0.15, 0.2) is 11.5 Å². The molecule has 0 bridgehead atoms. The maximum Gasteiger partial charge on any atom is 0.348 e. The molecule has 3 heterocycles. The van der Waals surface area contributed by atoms with Gasteiger partial charge in [-0.1, -0.05) is 0 Å². The number of aryl methyl sites for hydroxylation is 1. The van der Waals surface area contributed by atoms with Crippen LogP contribution in [0.4, 0.5) is 0 Å². The van der Waals surface area contributed by atoms with Crippen LogP contribution in [0.2, 0.25) is 0 Å². The first-order valence-corrected chi connectivity index (χ1v) is 7.90. The first kappa shape index (κ1) is 16.3. The van der Waals surface area contributed by atoms with E-state index in [-0.39, 0.29) is 12.4 Å². The van der Waals surface area contributed by atoms with Gasteiger partial charge in [0.25, 0.3) is 0 Å². The van der Waals surface area contributed by atoms with E-state index in [4.69, 9.17) is 28.1 Å². The summed E-state index contributed by atoms with van der Waals surface area (Å²) in [6.45, 7) is 1.70. The highest BCUT2D eigenvalue weighted by atomic mass is 16.7. The summed E-state index contributed by atoms with van der Waals surface area (Å²) >= 11 is 0. The molecule has 2 aliphatic heterocycles. The Kier molecular flexibility index (Phi) is 3.75. The maximum absolute atomic E-state index is 12.5. The third-order valence-electron chi connectivity index (χ3n) is 4.41. The Labute approximate surface area is 148 Å². The second-order valence-electron chi connectivity index (χ2n) is 5.92. The lowest BCUT2D eigenvalue weighted by molar-refractivity contribution is -0.148. The molecule has 1 aromatic carbocycles. The molecule has 0 fully saturated rings. The van der Waals surface area contributed by atoms with Crippen LogP contribution in [-0.2, 0) is 9.53 Å². The van der Waals surface area contributed by atoms with Gasteiger partial charge >= 0.3 is 11.6 Å². The van der Waals surface area contributed by atoms with E-state index >= 15 is 0 Å². The van der Waals surface area contributed by atoms with Crippen LogP contribution < -0.4 is 24.6 Å². The Morgan fingerprint density at radius 1 is 1.15 bits per heavy atom. The minimum atomic E-state index is -1.02. The third-order valence-corrected chi connectivity index (χ3v) is 4.41. The lowest BCUT2D eigenvalue weighted by atomic mass is 9.88. The number of esters is 1. The molecule has 2 aliphatic rings. The minimum Gasteiger partial charge on any atom is -0.493 e. The van der Waals surface area contributed by atoms with Crippen molar-refractivity contribution in [2.45, 2.75) is 18.9 Å². The summed E-state index contributed by atoms with van der Waals surface area (Å²) in [6.07, 6.45) is -1.02. The topological polar surface area (TPSA) is 93.4 Å². The molecular formula is C18H16O8. The molecule has 2 aromatic rings. The third kappa shape index (κ3) is 2.37. The fourth-order valence-corrected chi connectivity index (χ4v) is 3.30. The van der Waals surface area contributed by atoms with E-state index in [1.54, 1.807) is 25.1 Å². The van der Waals surface area contributed by atoms with Crippen molar-refractivity contribution in [3.8, 4) is 23.0 Å². The standard InChI is InChI=1S/C18H16O8/c1-8-4-10-14(17(19)25-8)13(16(26-10)18(20)22-3)9-5-11(21-2)15-12(6-9)23-7-24-15/h4-6,13,16H,7H2,1-3H3/t13-,16+/m1/s1. The number of rotatable bonds is 3. The number of fused-ring (bicyclic) bond motifs is 2. The summed E-state index contributed by atoms with van der Waals surface area (Å²) in [5, 5.41) is 0. The summed E-state index contributed by atoms with van der Waals surface area (Å²) < 4.78 is 32.0. The molecule has 0 N–H and O–H groups in total. The van der Waals surface area contributed by atoms with Gasteiger partial charge in [0.1, 0.15) is 11.5 Å². The second-order valence-corrected chi connectivity index (χ2v) is 5.92. The van der Waals surface area contributed by atoms with Crippen molar-refractivity contribution in [2.75, 3.05) is 21.0 Å². The van der Waals surface area contributed by atoms with Gasteiger partial charge in [0.2, 0.25) is 18.6 Å². The molecule has 0 saturated heterocycles. The molecule has 1 aromatic heterocycles. The zero-order valence-electron chi connectivity index (χ0n) is 14.4. The molecule has 0 unspecified atom stereocenters. The van der Waals surface area contributed by atoms with Crippen LogP contribution >= 0.6 is 0 Å². The molecule has 0 spiro atoms. The number of hydrogen-bond acceptors (Lipinski definition) is 8. The Bertz CT molecular complexity index is 945. The summed E-state index contributed by atoms with van der Waals surface area (Å²) in [7, 11) is 2.76. The Morgan fingerprint density at radius 3 is 2.69 bits per heavy atom. The lowest BCUT2D eigenvalue weighted by Gasteiger charge is -2.18. The predicted molar refractivity (Wildman–Crippen MR) is 87.1 cm³/mol. The van der Waals surface area contributed by atoms with Gasteiger partial charge in [-0.2, -0.15) is 0 Å². The molecule has 4 rings (SSSR count). The van der Waals surface area contributed by atoms with Crippen molar-refractivity contribution >= 4 is 5.97 Å². The molecule has 0 aliphatic carbocycles. The fourth-order valence-electron chi connectivity index (χ4n) is 3.30. The highest BCUT2D eigenvalue weighted by Crippen LogP contribution is 2.48. The summed E-state index contributed by atoms with van der Waals surface area (Å²) in [4.78, 5) is 24.8. The first-order chi connectivity index (χ1) is 12.5. The van der Waals surface area contributed by atoms with Crippen LogP contribution in [0.3, 0.4) is 0 Å². The predicted octanol–water partition coefficient (Wildman–Crippen LogP) is 1.75. The van der Waals surface area contributed by atoms with Crippen molar-refractivity contribution in [2.24, 2.45) is 0 Å². The van der Waals surface area contributed by atoms with E-state index in [0.717, 1.165) is 0 Å². The number of carbonyl (C=O) groups is 1. The number of methoxy groups -OCH3 is 2. The van der Waals surface area contributed by atoms with Gasteiger partial charge in [0, 0.05) is 6.07 Å². The quantitative estimate of drug-likeness (QED) is 0.765. The molecule has 136 valence electrons. The molecular weight excluding hydrogens is 344 g/mol. The van der Waals surface area contributed by atoms with Crippen LogP contribution in [0.1, 0.15) is 22.8 Å².